The van der Waals surface area contributed by atoms with Crippen LogP contribution in [0.3, 0.4) is 0 Å². The molecule has 1 aromatic carbocycles. The van der Waals surface area contributed by atoms with Crippen LogP contribution in [0.5, 0.6) is 0 Å². The summed E-state index contributed by atoms with van der Waals surface area (Å²) in [5, 5.41) is 22.9. The summed E-state index contributed by atoms with van der Waals surface area (Å²) in [6, 6.07) is 3.95. The van der Waals surface area contributed by atoms with Gasteiger partial charge >= 0.3 is 5.97 Å². The zero-order valence-electron chi connectivity index (χ0n) is 10.5. The molecule has 1 aliphatic rings. The van der Waals surface area contributed by atoms with Crippen molar-refractivity contribution < 1.29 is 14.8 Å². The molecule has 19 heavy (non-hydrogen) atoms. The molecule has 0 aromatic heterocycles. The molecule has 0 heterocycles. The third-order valence-corrected chi connectivity index (χ3v) is 3.50. The van der Waals surface area contributed by atoms with Crippen LogP contribution in [0, 0.1) is 16.0 Å². The highest BCUT2D eigenvalue weighted by Gasteiger charge is 2.19. The zero-order valence-corrected chi connectivity index (χ0v) is 10.5. The molecule has 1 aliphatic carbocycles. The number of benzene rings is 1. The topological polar surface area (TPSA) is 92.5 Å². The summed E-state index contributed by atoms with van der Waals surface area (Å²) in [5.74, 6) is -0.607. The van der Waals surface area contributed by atoms with Gasteiger partial charge in [0.1, 0.15) is 5.69 Å². The van der Waals surface area contributed by atoms with Crippen molar-refractivity contribution in [2.45, 2.75) is 25.7 Å². The van der Waals surface area contributed by atoms with Gasteiger partial charge in [0.2, 0.25) is 0 Å². The Morgan fingerprint density at radius 3 is 2.68 bits per heavy atom. The summed E-state index contributed by atoms with van der Waals surface area (Å²) in [6.07, 6.45) is 4.72. The molecule has 0 bridgehead atoms. The molecule has 0 unspecified atom stereocenters. The first-order valence-electron chi connectivity index (χ1n) is 6.33. The van der Waals surface area contributed by atoms with E-state index < -0.39 is 10.9 Å². The molecular weight excluding hydrogens is 248 g/mol. The quantitative estimate of drug-likeness (QED) is 0.630. The van der Waals surface area contributed by atoms with E-state index in [1.807, 2.05) is 0 Å². The minimum atomic E-state index is -1.16. The highest BCUT2D eigenvalue weighted by Crippen LogP contribution is 2.29. The van der Waals surface area contributed by atoms with E-state index in [1.54, 1.807) is 0 Å². The van der Waals surface area contributed by atoms with Gasteiger partial charge in [-0.05, 0) is 30.9 Å². The van der Waals surface area contributed by atoms with Crippen LogP contribution < -0.4 is 5.32 Å². The van der Waals surface area contributed by atoms with Crippen LogP contribution in [-0.4, -0.2) is 22.5 Å². The second-order valence-electron chi connectivity index (χ2n) is 4.83. The van der Waals surface area contributed by atoms with Crippen molar-refractivity contribution in [1.29, 1.82) is 0 Å². The van der Waals surface area contributed by atoms with Crippen molar-refractivity contribution in [2.75, 3.05) is 11.9 Å². The summed E-state index contributed by atoms with van der Waals surface area (Å²) in [6.45, 7) is 0.702. The SMILES string of the molecule is O=C(O)c1ccc(NCC2CCCC2)c([N+](=O)[O-])c1. The zero-order chi connectivity index (χ0) is 13.8. The van der Waals surface area contributed by atoms with E-state index in [9.17, 15) is 14.9 Å². The molecule has 6 nitrogen and oxygen atoms in total. The molecule has 1 saturated carbocycles. The lowest BCUT2D eigenvalue weighted by atomic mass is 10.1. The number of aromatic carboxylic acids is 1. The highest BCUT2D eigenvalue weighted by molar-refractivity contribution is 5.89. The molecule has 0 saturated heterocycles. The van der Waals surface area contributed by atoms with Gasteiger partial charge in [0.25, 0.3) is 5.69 Å². The van der Waals surface area contributed by atoms with Crippen molar-refractivity contribution in [2.24, 2.45) is 5.92 Å². The van der Waals surface area contributed by atoms with Crippen molar-refractivity contribution in [3.8, 4) is 0 Å². The van der Waals surface area contributed by atoms with E-state index in [1.165, 1.54) is 25.0 Å². The number of hydrogen-bond acceptors (Lipinski definition) is 4. The first-order valence-corrected chi connectivity index (χ1v) is 6.33. The molecule has 1 fully saturated rings. The number of rotatable bonds is 5. The van der Waals surface area contributed by atoms with Crippen LogP contribution in [-0.2, 0) is 0 Å². The fraction of sp³-hybridized carbons (Fsp3) is 0.462. The second kappa shape index (κ2) is 5.69. The fourth-order valence-corrected chi connectivity index (χ4v) is 2.43. The second-order valence-corrected chi connectivity index (χ2v) is 4.83. The molecule has 6 heteroatoms. The van der Waals surface area contributed by atoms with Crippen LogP contribution in [0.25, 0.3) is 0 Å². The Labute approximate surface area is 110 Å². The maximum absolute atomic E-state index is 11.0. The molecule has 0 spiro atoms. The van der Waals surface area contributed by atoms with E-state index in [-0.39, 0.29) is 11.3 Å². The molecule has 2 N–H and O–H groups in total. The van der Waals surface area contributed by atoms with Gasteiger partial charge in [0.05, 0.1) is 10.5 Å². The third-order valence-electron chi connectivity index (χ3n) is 3.50. The Morgan fingerprint density at radius 2 is 2.11 bits per heavy atom. The van der Waals surface area contributed by atoms with E-state index in [0.717, 1.165) is 18.9 Å². The monoisotopic (exact) mass is 264 g/mol. The predicted octanol–water partition coefficient (Wildman–Crippen LogP) is 2.90. The minimum Gasteiger partial charge on any atom is -0.478 e. The number of nitrogens with zero attached hydrogens (tertiary/aromatic N) is 1. The number of nitrogens with one attached hydrogen (secondary N) is 1. The van der Waals surface area contributed by atoms with Crippen molar-refractivity contribution >= 4 is 17.3 Å². The summed E-state index contributed by atoms with van der Waals surface area (Å²) < 4.78 is 0. The molecule has 0 amide bonds. The maximum Gasteiger partial charge on any atom is 0.335 e. The Balaban J connectivity index is 2.14. The number of carboxylic acid groups (broad SMARTS) is 1. The smallest absolute Gasteiger partial charge is 0.335 e. The summed E-state index contributed by atoms with van der Waals surface area (Å²) in [5.41, 5.74) is 0.137. The van der Waals surface area contributed by atoms with Crippen LogP contribution in [0.4, 0.5) is 11.4 Å². The molecule has 0 radical (unpaired) electrons. The Morgan fingerprint density at radius 1 is 1.42 bits per heavy atom. The van der Waals surface area contributed by atoms with E-state index in [4.69, 9.17) is 5.11 Å². The van der Waals surface area contributed by atoms with Gasteiger partial charge in [0.15, 0.2) is 0 Å². The largest absolute Gasteiger partial charge is 0.478 e. The van der Waals surface area contributed by atoms with Crippen LogP contribution >= 0.6 is 0 Å². The number of hydrogen-bond donors (Lipinski definition) is 2. The van der Waals surface area contributed by atoms with E-state index in [2.05, 4.69) is 5.32 Å². The number of carbonyl (C=O) groups is 1. The van der Waals surface area contributed by atoms with Gasteiger partial charge in [-0.2, -0.15) is 0 Å². The number of anilines is 1. The fourth-order valence-electron chi connectivity index (χ4n) is 2.43. The van der Waals surface area contributed by atoms with E-state index in [0.29, 0.717) is 18.2 Å². The van der Waals surface area contributed by atoms with Gasteiger partial charge in [-0.3, -0.25) is 10.1 Å². The molecule has 0 aliphatic heterocycles. The first kappa shape index (κ1) is 13.3. The van der Waals surface area contributed by atoms with Gasteiger partial charge in [-0.25, -0.2) is 4.79 Å². The predicted molar refractivity (Wildman–Crippen MR) is 70.5 cm³/mol. The van der Waals surface area contributed by atoms with Gasteiger partial charge in [-0.15, -0.1) is 0 Å². The molecule has 0 atom stereocenters. The van der Waals surface area contributed by atoms with Gasteiger partial charge < -0.3 is 10.4 Å². The lowest BCUT2D eigenvalue weighted by molar-refractivity contribution is -0.384. The summed E-state index contributed by atoms with van der Waals surface area (Å²) in [4.78, 5) is 21.2. The Hall–Kier alpha value is -2.11. The lowest BCUT2D eigenvalue weighted by Gasteiger charge is -2.12. The van der Waals surface area contributed by atoms with Crippen LogP contribution in [0.2, 0.25) is 0 Å². The first-order chi connectivity index (χ1) is 9.08. The van der Waals surface area contributed by atoms with Crippen LogP contribution in [0.1, 0.15) is 36.0 Å². The standard InChI is InChI=1S/C13H16N2O4/c16-13(17)10-5-6-11(12(7-10)15(18)19)14-8-9-3-1-2-4-9/h5-7,9,14H,1-4,8H2,(H,16,17). The minimum absolute atomic E-state index is 0.0712. The maximum atomic E-state index is 11.0. The molecule has 102 valence electrons. The number of nitro benzene ring substituents is 1. The Kier molecular flexibility index (Phi) is 3.99. The van der Waals surface area contributed by atoms with Crippen molar-refractivity contribution in [1.82, 2.24) is 0 Å². The number of nitro groups is 1. The van der Waals surface area contributed by atoms with Gasteiger partial charge in [0, 0.05) is 12.6 Å². The number of carboxylic acids is 1. The van der Waals surface area contributed by atoms with E-state index >= 15 is 0 Å². The summed E-state index contributed by atoms with van der Waals surface area (Å²) >= 11 is 0. The summed E-state index contributed by atoms with van der Waals surface area (Å²) in [7, 11) is 0. The highest BCUT2D eigenvalue weighted by atomic mass is 16.6. The average Bonchev–Trinajstić information content (AvgIpc) is 2.89. The van der Waals surface area contributed by atoms with Crippen molar-refractivity contribution in [3.63, 3.8) is 0 Å². The molecule has 1 aromatic rings. The normalized spacial score (nSPS) is 15.4. The van der Waals surface area contributed by atoms with Gasteiger partial charge in [-0.1, -0.05) is 12.8 Å². The molecular formula is C13H16N2O4. The van der Waals surface area contributed by atoms with Crippen molar-refractivity contribution in [3.05, 3.63) is 33.9 Å². The lowest BCUT2D eigenvalue weighted by Crippen LogP contribution is -2.12. The van der Waals surface area contributed by atoms with Crippen LogP contribution in [0.15, 0.2) is 18.2 Å². The Bertz CT molecular complexity index is 495. The average molecular weight is 264 g/mol. The molecule has 2 rings (SSSR count). The third kappa shape index (κ3) is 3.21.